The summed E-state index contributed by atoms with van der Waals surface area (Å²) in [4.78, 5) is 23.1. The quantitative estimate of drug-likeness (QED) is 0.880. The molecule has 1 heterocycles. The monoisotopic (exact) mass is 273 g/mol. The summed E-state index contributed by atoms with van der Waals surface area (Å²) < 4.78 is 0. The van der Waals surface area contributed by atoms with E-state index in [1.165, 1.54) is 0 Å². The SMILES string of the molecule is Cc1ccc(C)c(C(C)NC(=O)C2=NNC(=O)CC2)c1. The van der Waals surface area contributed by atoms with Gasteiger partial charge in [0, 0.05) is 12.8 Å². The molecular weight excluding hydrogens is 254 g/mol. The van der Waals surface area contributed by atoms with Crippen molar-refractivity contribution in [2.24, 2.45) is 5.10 Å². The Hall–Kier alpha value is -2.17. The molecule has 0 radical (unpaired) electrons. The summed E-state index contributed by atoms with van der Waals surface area (Å²) in [5.41, 5.74) is 6.11. The minimum absolute atomic E-state index is 0.0947. The van der Waals surface area contributed by atoms with Gasteiger partial charge in [0.05, 0.1) is 6.04 Å². The summed E-state index contributed by atoms with van der Waals surface area (Å²) in [5.74, 6) is -0.373. The Morgan fingerprint density at radius 1 is 1.35 bits per heavy atom. The van der Waals surface area contributed by atoms with Gasteiger partial charge in [0.15, 0.2) is 0 Å². The van der Waals surface area contributed by atoms with E-state index in [-0.39, 0.29) is 17.9 Å². The first kappa shape index (κ1) is 14.2. The standard InChI is InChI=1S/C15H19N3O2/c1-9-4-5-10(2)12(8-9)11(3)16-15(20)13-6-7-14(19)18-17-13/h4-5,8,11H,6-7H2,1-3H3,(H,16,20)(H,18,19). The molecule has 1 unspecified atom stereocenters. The van der Waals surface area contributed by atoms with E-state index in [2.05, 4.69) is 21.9 Å². The summed E-state index contributed by atoms with van der Waals surface area (Å²) in [7, 11) is 0. The lowest BCUT2D eigenvalue weighted by molar-refractivity contribution is -0.121. The van der Waals surface area contributed by atoms with Crippen molar-refractivity contribution in [3.05, 3.63) is 34.9 Å². The van der Waals surface area contributed by atoms with Crippen molar-refractivity contribution >= 4 is 17.5 Å². The van der Waals surface area contributed by atoms with E-state index in [0.29, 0.717) is 18.6 Å². The highest BCUT2D eigenvalue weighted by Gasteiger charge is 2.20. The zero-order chi connectivity index (χ0) is 14.7. The molecule has 0 saturated heterocycles. The average molecular weight is 273 g/mol. The summed E-state index contributed by atoms with van der Waals surface area (Å²) in [6.07, 6.45) is 0.696. The van der Waals surface area contributed by atoms with Crippen molar-refractivity contribution in [3.8, 4) is 0 Å². The van der Waals surface area contributed by atoms with E-state index < -0.39 is 0 Å². The zero-order valence-electron chi connectivity index (χ0n) is 12.0. The van der Waals surface area contributed by atoms with Crippen LogP contribution in [0, 0.1) is 13.8 Å². The summed E-state index contributed by atoms with van der Waals surface area (Å²) >= 11 is 0. The first-order valence-electron chi connectivity index (χ1n) is 6.71. The molecule has 2 rings (SSSR count). The normalized spacial score (nSPS) is 16.1. The maximum atomic E-state index is 12.1. The van der Waals surface area contributed by atoms with Crippen LogP contribution in [0.3, 0.4) is 0 Å². The number of hydrazone groups is 1. The number of carbonyl (C=O) groups is 2. The third kappa shape index (κ3) is 3.23. The number of nitrogens with one attached hydrogen (secondary N) is 2. The fraction of sp³-hybridized carbons (Fsp3) is 0.400. The lowest BCUT2D eigenvalue weighted by Crippen LogP contribution is -2.38. The minimum Gasteiger partial charge on any atom is -0.344 e. The van der Waals surface area contributed by atoms with Crippen molar-refractivity contribution in [2.75, 3.05) is 0 Å². The molecule has 0 spiro atoms. The van der Waals surface area contributed by atoms with Gasteiger partial charge in [-0.2, -0.15) is 5.10 Å². The van der Waals surface area contributed by atoms with Crippen LogP contribution in [0.25, 0.3) is 0 Å². The van der Waals surface area contributed by atoms with Crippen molar-refractivity contribution in [3.63, 3.8) is 0 Å². The number of amides is 2. The Kier molecular flexibility index (Phi) is 4.17. The molecular formula is C15H19N3O2. The van der Waals surface area contributed by atoms with Crippen LogP contribution in [0.1, 0.15) is 42.5 Å². The summed E-state index contributed by atoms with van der Waals surface area (Å²) in [5, 5.41) is 6.73. The van der Waals surface area contributed by atoms with Crippen LogP contribution in [0.4, 0.5) is 0 Å². The topological polar surface area (TPSA) is 70.6 Å². The fourth-order valence-electron chi connectivity index (χ4n) is 2.22. The number of rotatable bonds is 3. The van der Waals surface area contributed by atoms with Gasteiger partial charge in [-0.1, -0.05) is 23.8 Å². The van der Waals surface area contributed by atoms with Crippen LogP contribution in [0.2, 0.25) is 0 Å². The second-order valence-corrected chi connectivity index (χ2v) is 5.15. The predicted octanol–water partition coefficient (Wildman–Crippen LogP) is 1.75. The van der Waals surface area contributed by atoms with Crippen molar-refractivity contribution in [1.29, 1.82) is 0 Å². The maximum Gasteiger partial charge on any atom is 0.267 e. The second-order valence-electron chi connectivity index (χ2n) is 5.15. The van der Waals surface area contributed by atoms with Gasteiger partial charge in [-0.25, -0.2) is 5.43 Å². The molecule has 1 aliphatic heterocycles. The van der Waals surface area contributed by atoms with Gasteiger partial charge in [-0.15, -0.1) is 0 Å². The maximum absolute atomic E-state index is 12.1. The highest BCUT2D eigenvalue weighted by molar-refractivity contribution is 6.39. The molecule has 1 aliphatic rings. The van der Waals surface area contributed by atoms with Crippen LogP contribution < -0.4 is 10.7 Å². The Labute approximate surface area is 118 Å². The van der Waals surface area contributed by atoms with Gasteiger partial charge in [0.25, 0.3) is 5.91 Å². The largest absolute Gasteiger partial charge is 0.344 e. The number of benzene rings is 1. The Morgan fingerprint density at radius 3 is 2.75 bits per heavy atom. The van der Waals surface area contributed by atoms with E-state index in [0.717, 1.165) is 16.7 Å². The molecule has 1 atom stereocenters. The summed E-state index contributed by atoms with van der Waals surface area (Å²) in [6.45, 7) is 6.00. The highest BCUT2D eigenvalue weighted by atomic mass is 16.2. The first-order valence-corrected chi connectivity index (χ1v) is 6.71. The lowest BCUT2D eigenvalue weighted by atomic mass is 9.99. The molecule has 2 amide bonds. The Balaban J connectivity index is 2.07. The van der Waals surface area contributed by atoms with E-state index in [1.54, 1.807) is 0 Å². The second kappa shape index (κ2) is 5.86. The molecule has 1 aromatic carbocycles. The minimum atomic E-state index is -0.224. The number of carbonyl (C=O) groups excluding carboxylic acids is 2. The van der Waals surface area contributed by atoms with Crippen molar-refractivity contribution in [1.82, 2.24) is 10.7 Å². The Morgan fingerprint density at radius 2 is 2.10 bits per heavy atom. The van der Waals surface area contributed by atoms with Crippen molar-refractivity contribution in [2.45, 2.75) is 39.7 Å². The molecule has 106 valence electrons. The van der Waals surface area contributed by atoms with Gasteiger partial charge in [-0.3, -0.25) is 9.59 Å². The molecule has 0 fully saturated rings. The highest BCUT2D eigenvalue weighted by Crippen LogP contribution is 2.19. The molecule has 0 bridgehead atoms. The van der Waals surface area contributed by atoms with Crippen LogP contribution in [0.5, 0.6) is 0 Å². The van der Waals surface area contributed by atoms with Crippen LogP contribution >= 0.6 is 0 Å². The number of aryl methyl sites for hydroxylation is 2. The van der Waals surface area contributed by atoms with E-state index in [9.17, 15) is 9.59 Å². The molecule has 0 saturated carbocycles. The zero-order valence-corrected chi connectivity index (χ0v) is 12.0. The molecule has 0 aromatic heterocycles. The number of hydrogen-bond donors (Lipinski definition) is 2. The van der Waals surface area contributed by atoms with E-state index in [1.807, 2.05) is 32.9 Å². The lowest BCUT2D eigenvalue weighted by Gasteiger charge is -2.19. The number of nitrogens with zero attached hydrogens (tertiary/aromatic N) is 1. The molecule has 1 aromatic rings. The van der Waals surface area contributed by atoms with Gasteiger partial charge in [-0.05, 0) is 31.9 Å². The van der Waals surface area contributed by atoms with Crippen LogP contribution in [0.15, 0.2) is 23.3 Å². The third-order valence-corrected chi connectivity index (χ3v) is 3.42. The predicted molar refractivity (Wildman–Crippen MR) is 77.3 cm³/mol. The van der Waals surface area contributed by atoms with E-state index in [4.69, 9.17) is 0 Å². The van der Waals surface area contributed by atoms with Crippen LogP contribution in [-0.4, -0.2) is 17.5 Å². The van der Waals surface area contributed by atoms with Gasteiger partial charge in [0.1, 0.15) is 5.71 Å². The van der Waals surface area contributed by atoms with Gasteiger partial charge < -0.3 is 5.32 Å². The molecule has 5 nitrogen and oxygen atoms in total. The average Bonchev–Trinajstić information content (AvgIpc) is 2.42. The summed E-state index contributed by atoms with van der Waals surface area (Å²) in [6, 6.07) is 6.08. The molecule has 5 heteroatoms. The van der Waals surface area contributed by atoms with Gasteiger partial charge >= 0.3 is 0 Å². The van der Waals surface area contributed by atoms with E-state index >= 15 is 0 Å². The smallest absolute Gasteiger partial charge is 0.267 e. The van der Waals surface area contributed by atoms with Crippen molar-refractivity contribution < 1.29 is 9.59 Å². The fourth-order valence-corrected chi connectivity index (χ4v) is 2.22. The van der Waals surface area contributed by atoms with Crippen LogP contribution in [-0.2, 0) is 9.59 Å². The number of hydrogen-bond acceptors (Lipinski definition) is 3. The van der Waals surface area contributed by atoms with Gasteiger partial charge in [0.2, 0.25) is 5.91 Å². The molecule has 2 N–H and O–H groups in total. The first-order chi connectivity index (χ1) is 9.47. The molecule has 20 heavy (non-hydrogen) atoms. The third-order valence-electron chi connectivity index (χ3n) is 3.42. The molecule has 0 aliphatic carbocycles. The Bertz CT molecular complexity index is 578.